The second kappa shape index (κ2) is 7.24. The summed E-state index contributed by atoms with van der Waals surface area (Å²) in [5, 5.41) is 0. The molecule has 0 aromatic heterocycles. The van der Waals surface area contributed by atoms with Gasteiger partial charge in [-0.15, -0.1) is 0 Å². The topological polar surface area (TPSA) is 49.9 Å². The van der Waals surface area contributed by atoms with Gasteiger partial charge in [0.05, 0.1) is 13.5 Å². The van der Waals surface area contributed by atoms with E-state index in [1.165, 1.54) is 12.7 Å². The Balaban J connectivity index is 2.02. The maximum absolute atomic E-state index is 12.6. The van der Waals surface area contributed by atoms with Gasteiger partial charge in [0.25, 0.3) is 0 Å². The number of benzene rings is 1. The number of nitrogens with zero attached hydrogens (tertiary/aromatic N) is 2. The first-order valence-corrected chi connectivity index (χ1v) is 8.43. The minimum Gasteiger partial charge on any atom is -0.453 e. The third-order valence-electron chi connectivity index (χ3n) is 4.62. The van der Waals surface area contributed by atoms with Gasteiger partial charge in [0.2, 0.25) is 5.91 Å². The smallest absolute Gasteiger partial charge is 0.409 e. The van der Waals surface area contributed by atoms with Gasteiger partial charge in [0.1, 0.15) is 0 Å². The molecule has 1 heterocycles. The highest BCUT2D eigenvalue weighted by molar-refractivity contribution is 5.79. The van der Waals surface area contributed by atoms with Gasteiger partial charge in [-0.1, -0.05) is 39.0 Å². The molecular formula is C19H28N2O3. The molecule has 1 aliphatic rings. The van der Waals surface area contributed by atoms with Gasteiger partial charge in [0, 0.05) is 26.2 Å². The van der Waals surface area contributed by atoms with E-state index in [1.54, 1.807) is 4.90 Å². The summed E-state index contributed by atoms with van der Waals surface area (Å²) in [6.07, 6.45) is 0.0874. The van der Waals surface area contributed by atoms with Gasteiger partial charge in [-0.25, -0.2) is 4.79 Å². The standard InChI is InChI=1S/C19H28N2O3/c1-14-6-7-16(19(2,3)4)12-15(14)13-17(22)20-8-10-21(11-9-20)18(23)24-5/h6-7,12H,8-11,13H2,1-5H3. The lowest BCUT2D eigenvalue weighted by Crippen LogP contribution is -2.51. The number of methoxy groups -OCH3 is 1. The Bertz CT molecular complexity index is 612. The van der Waals surface area contributed by atoms with Crippen LogP contribution in [0.4, 0.5) is 4.79 Å². The molecule has 24 heavy (non-hydrogen) atoms. The molecule has 0 aliphatic carbocycles. The quantitative estimate of drug-likeness (QED) is 0.837. The van der Waals surface area contributed by atoms with E-state index < -0.39 is 0 Å². The summed E-state index contributed by atoms with van der Waals surface area (Å²) in [7, 11) is 1.38. The van der Waals surface area contributed by atoms with E-state index in [2.05, 4.69) is 39.0 Å². The first-order chi connectivity index (χ1) is 11.2. The fraction of sp³-hybridized carbons (Fsp3) is 0.579. The largest absolute Gasteiger partial charge is 0.453 e. The first kappa shape index (κ1) is 18.3. The molecule has 1 aromatic carbocycles. The average molecular weight is 332 g/mol. The number of piperazine rings is 1. The third kappa shape index (κ3) is 4.28. The lowest BCUT2D eigenvalue weighted by atomic mass is 9.85. The highest BCUT2D eigenvalue weighted by Gasteiger charge is 2.25. The molecule has 1 saturated heterocycles. The van der Waals surface area contributed by atoms with Crippen molar-refractivity contribution in [3.63, 3.8) is 0 Å². The van der Waals surface area contributed by atoms with E-state index in [-0.39, 0.29) is 17.4 Å². The Kier molecular flexibility index (Phi) is 5.52. The van der Waals surface area contributed by atoms with Gasteiger partial charge >= 0.3 is 6.09 Å². The molecule has 0 bridgehead atoms. The van der Waals surface area contributed by atoms with E-state index in [1.807, 2.05) is 11.8 Å². The highest BCUT2D eigenvalue weighted by atomic mass is 16.5. The van der Waals surface area contributed by atoms with Crippen molar-refractivity contribution < 1.29 is 14.3 Å². The molecule has 2 amide bonds. The summed E-state index contributed by atoms with van der Waals surface area (Å²) in [5.41, 5.74) is 3.54. The number of amides is 2. The van der Waals surface area contributed by atoms with Crippen molar-refractivity contribution in [1.29, 1.82) is 0 Å². The zero-order valence-electron chi connectivity index (χ0n) is 15.4. The van der Waals surface area contributed by atoms with E-state index >= 15 is 0 Å². The number of hydrogen-bond donors (Lipinski definition) is 0. The fourth-order valence-corrected chi connectivity index (χ4v) is 2.87. The normalized spacial score (nSPS) is 15.4. The minimum atomic E-state index is -0.323. The van der Waals surface area contributed by atoms with Crippen LogP contribution < -0.4 is 0 Å². The second-order valence-corrected chi connectivity index (χ2v) is 7.41. The SMILES string of the molecule is COC(=O)N1CCN(C(=O)Cc2cc(C(C)(C)C)ccc2C)CC1. The second-order valence-electron chi connectivity index (χ2n) is 7.41. The van der Waals surface area contributed by atoms with Crippen LogP contribution >= 0.6 is 0 Å². The number of aryl methyl sites for hydroxylation is 1. The molecule has 1 aromatic rings. The van der Waals surface area contributed by atoms with Crippen molar-refractivity contribution in [2.24, 2.45) is 0 Å². The Morgan fingerprint density at radius 1 is 1.08 bits per heavy atom. The lowest BCUT2D eigenvalue weighted by molar-refractivity contribution is -0.132. The molecule has 5 heteroatoms. The van der Waals surface area contributed by atoms with Crippen molar-refractivity contribution >= 4 is 12.0 Å². The Morgan fingerprint density at radius 2 is 1.67 bits per heavy atom. The molecule has 5 nitrogen and oxygen atoms in total. The van der Waals surface area contributed by atoms with Gasteiger partial charge in [0.15, 0.2) is 0 Å². The Labute approximate surface area is 144 Å². The monoisotopic (exact) mass is 332 g/mol. The number of carbonyl (C=O) groups is 2. The molecule has 0 N–H and O–H groups in total. The molecular weight excluding hydrogens is 304 g/mol. The van der Waals surface area contributed by atoms with Crippen molar-refractivity contribution in [3.05, 3.63) is 34.9 Å². The van der Waals surface area contributed by atoms with Crippen LogP contribution in [0, 0.1) is 6.92 Å². The summed E-state index contributed by atoms with van der Waals surface area (Å²) in [4.78, 5) is 27.6. The van der Waals surface area contributed by atoms with Crippen LogP contribution in [0.25, 0.3) is 0 Å². The molecule has 0 unspecified atom stereocenters. The molecule has 0 atom stereocenters. The maximum atomic E-state index is 12.6. The maximum Gasteiger partial charge on any atom is 0.409 e. The van der Waals surface area contributed by atoms with E-state index in [0.717, 1.165) is 11.1 Å². The molecule has 2 rings (SSSR count). The molecule has 0 saturated carbocycles. The fourth-order valence-electron chi connectivity index (χ4n) is 2.87. The predicted molar refractivity (Wildman–Crippen MR) is 94.1 cm³/mol. The molecule has 0 spiro atoms. The Morgan fingerprint density at radius 3 is 2.21 bits per heavy atom. The summed E-state index contributed by atoms with van der Waals surface area (Å²) >= 11 is 0. The molecule has 1 aliphatic heterocycles. The van der Waals surface area contributed by atoms with Crippen molar-refractivity contribution in [2.45, 2.75) is 39.5 Å². The van der Waals surface area contributed by atoms with Gasteiger partial charge in [-0.2, -0.15) is 0 Å². The molecule has 1 fully saturated rings. The van der Waals surface area contributed by atoms with Crippen LogP contribution in [-0.2, 0) is 21.4 Å². The van der Waals surface area contributed by atoms with E-state index in [4.69, 9.17) is 4.74 Å². The zero-order chi connectivity index (χ0) is 17.9. The zero-order valence-corrected chi connectivity index (χ0v) is 15.4. The highest BCUT2D eigenvalue weighted by Crippen LogP contribution is 2.25. The van der Waals surface area contributed by atoms with E-state index in [9.17, 15) is 9.59 Å². The third-order valence-corrected chi connectivity index (χ3v) is 4.62. The summed E-state index contributed by atoms with van der Waals surface area (Å²) in [5.74, 6) is 0.119. The van der Waals surface area contributed by atoms with Gasteiger partial charge in [-0.3, -0.25) is 4.79 Å². The van der Waals surface area contributed by atoms with Crippen LogP contribution in [0.5, 0.6) is 0 Å². The van der Waals surface area contributed by atoms with Gasteiger partial charge < -0.3 is 14.5 Å². The van der Waals surface area contributed by atoms with Crippen molar-refractivity contribution in [2.75, 3.05) is 33.3 Å². The number of rotatable bonds is 2. The van der Waals surface area contributed by atoms with Gasteiger partial charge in [-0.05, 0) is 29.0 Å². The van der Waals surface area contributed by atoms with Crippen LogP contribution in [0.1, 0.15) is 37.5 Å². The van der Waals surface area contributed by atoms with Crippen LogP contribution in [0.15, 0.2) is 18.2 Å². The summed E-state index contributed by atoms with van der Waals surface area (Å²) in [6, 6.07) is 6.38. The summed E-state index contributed by atoms with van der Waals surface area (Å²) in [6.45, 7) is 10.8. The molecule has 0 radical (unpaired) electrons. The lowest BCUT2D eigenvalue weighted by Gasteiger charge is -2.34. The number of hydrogen-bond acceptors (Lipinski definition) is 3. The van der Waals surface area contributed by atoms with Crippen LogP contribution in [0.3, 0.4) is 0 Å². The number of ether oxygens (including phenoxy) is 1. The molecule has 132 valence electrons. The van der Waals surface area contributed by atoms with Crippen molar-refractivity contribution in [1.82, 2.24) is 9.80 Å². The van der Waals surface area contributed by atoms with E-state index in [0.29, 0.717) is 32.6 Å². The average Bonchev–Trinajstić information content (AvgIpc) is 2.55. The van der Waals surface area contributed by atoms with Crippen LogP contribution in [-0.4, -0.2) is 55.1 Å². The van der Waals surface area contributed by atoms with Crippen LogP contribution in [0.2, 0.25) is 0 Å². The minimum absolute atomic E-state index is 0.0671. The summed E-state index contributed by atoms with van der Waals surface area (Å²) < 4.78 is 4.73. The first-order valence-electron chi connectivity index (χ1n) is 8.43. The predicted octanol–water partition coefficient (Wildman–Crippen LogP) is 2.75. The number of carbonyl (C=O) groups excluding carboxylic acids is 2. The van der Waals surface area contributed by atoms with Crippen molar-refractivity contribution in [3.8, 4) is 0 Å². The Hall–Kier alpha value is -2.04.